The van der Waals surface area contributed by atoms with Crippen LogP contribution in [0.15, 0.2) is 5.57 Å². The Morgan fingerprint density at radius 1 is 1.44 bits per heavy atom. The number of aliphatic hydroxyl groups excluding tert-OH is 1. The van der Waals surface area contributed by atoms with Crippen LogP contribution in [0.2, 0.25) is 0 Å². The summed E-state index contributed by atoms with van der Waals surface area (Å²) in [5.41, 5.74) is 0.264. The Labute approximate surface area is 90.4 Å². The molecule has 54 valence electrons. The number of Topliss-reactive ketones (excluding diaryl/α,β-unsaturated/α-hetero) is 1. The number of hydrogen-bond donors (Lipinski definition) is 1. The molecule has 0 aromatic rings. The van der Waals surface area contributed by atoms with Crippen molar-refractivity contribution < 1.29 is 59.7 Å². The second kappa shape index (κ2) is 8.83. The molecule has 0 saturated heterocycles. The van der Waals surface area contributed by atoms with Crippen LogP contribution < -0.4 is 0 Å². The van der Waals surface area contributed by atoms with Crippen molar-refractivity contribution in [2.45, 2.75) is 13.8 Å². The van der Waals surface area contributed by atoms with E-state index in [2.05, 4.69) is 0 Å². The minimum absolute atomic E-state index is 0. The number of hydrogen-bond acceptors (Lipinski definition) is 2. The normalized spacial score (nSPS) is 8.89. The van der Waals surface area contributed by atoms with Crippen LogP contribution in [0.5, 0.6) is 0 Å². The molecule has 0 aliphatic carbocycles. The predicted molar refractivity (Wildman–Crippen MR) is 25.7 cm³/mol. The van der Waals surface area contributed by atoms with E-state index in [0.29, 0.717) is 0 Å². The van der Waals surface area contributed by atoms with Crippen molar-refractivity contribution in [3.05, 3.63) is 11.8 Å². The van der Waals surface area contributed by atoms with Crippen molar-refractivity contribution in [1.82, 2.24) is 0 Å². The first-order chi connectivity index (χ1) is 3.18. The standard InChI is InChI=1S/C5H7O2.Cu.Y/c1-4(3-6)5(2)7;;/h6H,1-2H3;;/q-1;;. The molecule has 0 aromatic heterocycles. The number of ketones is 1. The first-order valence-electron chi connectivity index (χ1n) is 1.93. The molecule has 2 radical (unpaired) electrons. The van der Waals surface area contributed by atoms with Gasteiger partial charge in [-0.25, -0.2) is 0 Å². The molecular formula is C5H7CuO2Y-. The maximum absolute atomic E-state index is 10.1. The molecule has 0 heterocycles. The first kappa shape index (κ1) is 16.4. The molecule has 0 saturated carbocycles. The van der Waals surface area contributed by atoms with Gasteiger partial charge in [0.15, 0.2) is 0 Å². The van der Waals surface area contributed by atoms with Gasteiger partial charge in [0, 0.05) is 55.6 Å². The van der Waals surface area contributed by atoms with E-state index in [1.165, 1.54) is 13.8 Å². The van der Waals surface area contributed by atoms with E-state index in [1.807, 2.05) is 0 Å². The number of allylic oxidation sites excluding steroid dienone is 1. The summed E-state index contributed by atoms with van der Waals surface area (Å²) >= 11 is 0. The van der Waals surface area contributed by atoms with Gasteiger partial charge in [0.1, 0.15) is 0 Å². The summed E-state index contributed by atoms with van der Waals surface area (Å²) in [7, 11) is 0. The third-order valence-electron chi connectivity index (χ3n) is 0.696. The summed E-state index contributed by atoms with van der Waals surface area (Å²) in [6.45, 7) is 2.88. The quantitative estimate of drug-likeness (QED) is 0.324. The van der Waals surface area contributed by atoms with Gasteiger partial charge in [0.05, 0.1) is 0 Å². The van der Waals surface area contributed by atoms with Gasteiger partial charge in [-0.05, 0) is 0 Å². The van der Waals surface area contributed by atoms with Gasteiger partial charge in [-0.15, -0.1) is 5.57 Å². The van der Waals surface area contributed by atoms with E-state index in [1.54, 1.807) is 6.26 Å². The molecule has 0 amide bonds. The average Bonchev–Trinajstić information content (AvgIpc) is 1.65. The second-order valence-electron chi connectivity index (χ2n) is 1.29. The molecule has 0 unspecified atom stereocenters. The molecule has 0 aromatic carbocycles. The minimum Gasteiger partial charge on any atom is -0.607 e. The Hall–Kier alpha value is 0.833. The van der Waals surface area contributed by atoms with Crippen LogP contribution in [0.4, 0.5) is 0 Å². The molecule has 0 aliphatic heterocycles. The Morgan fingerprint density at radius 2 is 1.78 bits per heavy atom. The van der Waals surface area contributed by atoms with Gasteiger partial charge in [-0.2, -0.15) is 0 Å². The Morgan fingerprint density at radius 3 is 1.78 bits per heavy atom. The fraction of sp³-hybridized carbons (Fsp3) is 0.400. The van der Waals surface area contributed by atoms with Crippen molar-refractivity contribution in [3.8, 4) is 0 Å². The second-order valence-corrected chi connectivity index (χ2v) is 1.29. The topological polar surface area (TPSA) is 37.3 Å². The SMILES string of the molecule is CC(=O)C(C)=[C-]O.[Cu].[Y]. The minimum atomic E-state index is -0.150. The van der Waals surface area contributed by atoms with Crippen LogP contribution in [0, 0.1) is 6.26 Å². The average molecular weight is 252 g/mol. The summed E-state index contributed by atoms with van der Waals surface area (Å²) in [6, 6.07) is 0. The molecule has 0 bridgehead atoms. The molecule has 9 heavy (non-hydrogen) atoms. The first-order valence-corrected chi connectivity index (χ1v) is 1.93. The van der Waals surface area contributed by atoms with Crippen LogP contribution in [0.1, 0.15) is 13.8 Å². The number of carbonyl (C=O) groups is 1. The third-order valence-corrected chi connectivity index (χ3v) is 0.696. The van der Waals surface area contributed by atoms with Crippen molar-refractivity contribution in [2.24, 2.45) is 0 Å². The fourth-order valence-electron chi connectivity index (χ4n) is 0.0787. The van der Waals surface area contributed by atoms with Crippen LogP contribution in [0.25, 0.3) is 0 Å². The Balaban J connectivity index is -0.000000180. The molecule has 0 aliphatic rings. The predicted octanol–water partition coefficient (Wildman–Crippen LogP) is 0.835. The van der Waals surface area contributed by atoms with Crippen molar-refractivity contribution in [3.63, 3.8) is 0 Å². The number of carbonyl (C=O) groups excluding carboxylic acids is 1. The summed E-state index contributed by atoms with van der Waals surface area (Å²) in [4.78, 5) is 10.1. The summed E-state index contributed by atoms with van der Waals surface area (Å²) in [5.74, 6) is -0.150. The fourth-order valence-corrected chi connectivity index (χ4v) is 0.0787. The zero-order valence-electron chi connectivity index (χ0n) is 5.23. The third kappa shape index (κ3) is 8.83. The van der Waals surface area contributed by atoms with Crippen LogP contribution in [-0.2, 0) is 54.6 Å². The summed E-state index contributed by atoms with van der Waals surface area (Å²) in [6.07, 6.45) is 1.73. The molecule has 0 atom stereocenters. The van der Waals surface area contributed by atoms with E-state index in [9.17, 15) is 4.79 Å². The van der Waals surface area contributed by atoms with Gasteiger partial charge >= 0.3 is 0 Å². The molecule has 0 spiro atoms. The monoisotopic (exact) mass is 251 g/mol. The molecule has 1 N–H and O–H groups in total. The smallest absolute Gasteiger partial charge is 0.00337 e. The van der Waals surface area contributed by atoms with Crippen molar-refractivity contribution >= 4 is 5.78 Å². The summed E-state index contributed by atoms with van der Waals surface area (Å²) in [5, 5.41) is 8.00. The van der Waals surface area contributed by atoms with E-state index in [4.69, 9.17) is 5.11 Å². The van der Waals surface area contributed by atoms with E-state index in [-0.39, 0.29) is 61.1 Å². The number of rotatable bonds is 1. The molecule has 4 heteroatoms. The largest absolute Gasteiger partial charge is 0.607 e. The Kier molecular flexibility index (Phi) is 16.1. The van der Waals surface area contributed by atoms with Crippen LogP contribution in [-0.4, -0.2) is 10.9 Å². The van der Waals surface area contributed by atoms with Crippen molar-refractivity contribution in [2.75, 3.05) is 0 Å². The zero-order chi connectivity index (χ0) is 5.86. The van der Waals surface area contributed by atoms with E-state index < -0.39 is 0 Å². The van der Waals surface area contributed by atoms with Gasteiger partial charge < -0.3 is 9.90 Å². The van der Waals surface area contributed by atoms with E-state index >= 15 is 0 Å². The van der Waals surface area contributed by atoms with Crippen molar-refractivity contribution in [1.29, 1.82) is 0 Å². The maximum Gasteiger partial charge on any atom is 0.00337 e. The van der Waals surface area contributed by atoms with Gasteiger partial charge in [-0.1, -0.05) is 20.1 Å². The van der Waals surface area contributed by atoms with E-state index in [0.717, 1.165) is 0 Å². The zero-order valence-corrected chi connectivity index (χ0v) is 9.01. The van der Waals surface area contributed by atoms with Gasteiger partial charge in [0.2, 0.25) is 0 Å². The Bertz CT molecular complexity index is 112. The maximum atomic E-state index is 10.1. The van der Waals surface area contributed by atoms with Crippen LogP contribution >= 0.6 is 0 Å². The van der Waals surface area contributed by atoms with Crippen LogP contribution in [0.3, 0.4) is 0 Å². The van der Waals surface area contributed by atoms with Gasteiger partial charge in [-0.3, -0.25) is 0 Å². The molecule has 0 fully saturated rings. The molecule has 0 rings (SSSR count). The number of aliphatic hydroxyl groups is 1. The summed E-state index contributed by atoms with van der Waals surface area (Å²) < 4.78 is 0. The molecular weight excluding hydrogens is 245 g/mol. The molecule has 2 nitrogen and oxygen atoms in total. The van der Waals surface area contributed by atoms with Gasteiger partial charge in [0.25, 0.3) is 0 Å².